The van der Waals surface area contributed by atoms with Crippen LogP contribution in [0.25, 0.3) is 0 Å². The first kappa shape index (κ1) is 10.3. The molecule has 0 aliphatic rings. The summed E-state index contributed by atoms with van der Waals surface area (Å²) in [5, 5.41) is 19.5. The van der Waals surface area contributed by atoms with E-state index in [-0.39, 0.29) is 19.1 Å². The van der Waals surface area contributed by atoms with Crippen molar-refractivity contribution in [2.75, 3.05) is 13.2 Å². The van der Waals surface area contributed by atoms with E-state index in [1.54, 1.807) is 6.92 Å². The number of hydrogen-bond acceptors (Lipinski definition) is 4. The maximum absolute atomic E-state index is 10.7. The van der Waals surface area contributed by atoms with Crippen molar-refractivity contribution in [2.24, 2.45) is 5.73 Å². The van der Waals surface area contributed by atoms with E-state index in [1.807, 2.05) is 0 Å². The topological polar surface area (TPSA) is 95.6 Å². The number of aliphatic hydroxyl groups is 2. The van der Waals surface area contributed by atoms with Gasteiger partial charge in [0.1, 0.15) is 0 Å². The molecular weight excluding hydrogens is 148 g/mol. The largest absolute Gasteiger partial charge is 0.394 e. The SMILES string of the molecule is C[C@H](N)C(=O)NCC(O)CO. The fraction of sp³-hybridized carbons (Fsp3) is 0.833. The van der Waals surface area contributed by atoms with Crippen LogP contribution in [-0.2, 0) is 4.79 Å². The highest BCUT2D eigenvalue weighted by Gasteiger charge is 2.08. The van der Waals surface area contributed by atoms with Crippen LogP contribution in [0.4, 0.5) is 0 Å². The van der Waals surface area contributed by atoms with Crippen LogP contribution in [0.5, 0.6) is 0 Å². The average Bonchev–Trinajstić information content (AvgIpc) is 1.99. The Morgan fingerprint density at radius 1 is 1.73 bits per heavy atom. The van der Waals surface area contributed by atoms with Crippen molar-refractivity contribution in [3.8, 4) is 0 Å². The van der Waals surface area contributed by atoms with Gasteiger partial charge in [0, 0.05) is 6.54 Å². The third-order valence-electron chi connectivity index (χ3n) is 1.14. The van der Waals surface area contributed by atoms with Crippen molar-refractivity contribution < 1.29 is 15.0 Å². The minimum absolute atomic E-state index is 0.0386. The van der Waals surface area contributed by atoms with Crippen LogP contribution in [-0.4, -0.2) is 41.4 Å². The van der Waals surface area contributed by atoms with Crippen LogP contribution in [0.15, 0.2) is 0 Å². The number of hydrogen-bond donors (Lipinski definition) is 4. The van der Waals surface area contributed by atoms with Gasteiger partial charge in [-0.25, -0.2) is 0 Å². The lowest BCUT2D eigenvalue weighted by molar-refractivity contribution is -0.122. The van der Waals surface area contributed by atoms with Gasteiger partial charge in [-0.15, -0.1) is 0 Å². The lowest BCUT2D eigenvalue weighted by Gasteiger charge is -2.10. The number of nitrogens with one attached hydrogen (secondary N) is 1. The molecule has 11 heavy (non-hydrogen) atoms. The summed E-state index contributed by atoms with van der Waals surface area (Å²) in [7, 11) is 0. The normalized spacial score (nSPS) is 15.6. The molecule has 0 aliphatic carbocycles. The van der Waals surface area contributed by atoms with Gasteiger partial charge >= 0.3 is 0 Å². The van der Waals surface area contributed by atoms with Crippen molar-refractivity contribution >= 4 is 5.91 Å². The monoisotopic (exact) mass is 162 g/mol. The number of nitrogens with two attached hydrogens (primary N) is 1. The lowest BCUT2D eigenvalue weighted by Crippen LogP contribution is -2.42. The van der Waals surface area contributed by atoms with Gasteiger partial charge in [-0.1, -0.05) is 0 Å². The molecule has 0 aliphatic heterocycles. The third-order valence-corrected chi connectivity index (χ3v) is 1.14. The number of amides is 1. The van der Waals surface area contributed by atoms with Gasteiger partial charge in [0.05, 0.1) is 18.8 Å². The summed E-state index contributed by atoms with van der Waals surface area (Å²) in [6.45, 7) is 1.22. The lowest BCUT2D eigenvalue weighted by atomic mass is 10.3. The Kier molecular flexibility index (Phi) is 4.76. The molecule has 1 unspecified atom stereocenters. The zero-order valence-electron chi connectivity index (χ0n) is 6.45. The standard InChI is InChI=1S/C6H14N2O3/c1-4(7)6(11)8-2-5(10)3-9/h4-5,9-10H,2-3,7H2,1H3,(H,8,11)/t4-,5?/m0/s1. The fourth-order valence-electron chi connectivity index (χ4n) is 0.444. The van der Waals surface area contributed by atoms with Gasteiger partial charge in [-0.05, 0) is 6.92 Å². The summed E-state index contributed by atoms with van der Waals surface area (Å²) >= 11 is 0. The molecule has 1 amide bonds. The molecule has 0 rings (SSSR count). The van der Waals surface area contributed by atoms with Crippen molar-refractivity contribution in [1.29, 1.82) is 0 Å². The maximum atomic E-state index is 10.7. The Bertz CT molecular complexity index is 127. The van der Waals surface area contributed by atoms with Gasteiger partial charge in [0.15, 0.2) is 0 Å². The Morgan fingerprint density at radius 3 is 2.64 bits per heavy atom. The quantitative estimate of drug-likeness (QED) is 0.377. The number of carbonyl (C=O) groups is 1. The predicted octanol–water partition coefficient (Wildman–Crippen LogP) is -2.20. The summed E-state index contributed by atoms with van der Waals surface area (Å²) in [5.41, 5.74) is 5.21. The van der Waals surface area contributed by atoms with Crippen LogP contribution in [0.1, 0.15) is 6.92 Å². The van der Waals surface area contributed by atoms with Crippen molar-refractivity contribution in [1.82, 2.24) is 5.32 Å². The van der Waals surface area contributed by atoms with Crippen LogP contribution in [0.3, 0.4) is 0 Å². The molecule has 0 saturated heterocycles. The number of carbonyl (C=O) groups excluding carboxylic acids is 1. The minimum atomic E-state index is -0.905. The summed E-state index contributed by atoms with van der Waals surface area (Å²) < 4.78 is 0. The van der Waals surface area contributed by atoms with E-state index in [2.05, 4.69) is 5.32 Å². The Hall–Kier alpha value is -0.650. The second-order valence-electron chi connectivity index (χ2n) is 2.37. The highest BCUT2D eigenvalue weighted by atomic mass is 16.3. The highest BCUT2D eigenvalue weighted by Crippen LogP contribution is 1.79. The molecule has 0 heterocycles. The second-order valence-corrected chi connectivity index (χ2v) is 2.37. The molecule has 0 radical (unpaired) electrons. The van der Waals surface area contributed by atoms with Gasteiger partial charge in [-0.3, -0.25) is 4.79 Å². The molecule has 0 aromatic rings. The van der Waals surface area contributed by atoms with E-state index in [0.717, 1.165) is 0 Å². The van der Waals surface area contributed by atoms with E-state index in [0.29, 0.717) is 0 Å². The minimum Gasteiger partial charge on any atom is -0.394 e. The zero-order valence-corrected chi connectivity index (χ0v) is 6.45. The van der Waals surface area contributed by atoms with Crippen LogP contribution < -0.4 is 11.1 Å². The summed E-state index contributed by atoms with van der Waals surface area (Å²) in [6.07, 6.45) is -0.905. The molecule has 5 nitrogen and oxygen atoms in total. The van der Waals surface area contributed by atoms with E-state index < -0.39 is 12.1 Å². The van der Waals surface area contributed by atoms with Crippen molar-refractivity contribution in [2.45, 2.75) is 19.1 Å². The van der Waals surface area contributed by atoms with Gasteiger partial charge in [0.25, 0.3) is 0 Å². The first-order valence-electron chi connectivity index (χ1n) is 3.40. The second kappa shape index (κ2) is 5.06. The molecule has 0 spiro atoms. The smallest absolute Gasteiger partial charge is 0.236 e. The molecule has 0 aromatic heterocycles. The van der Waals surface area contributed by atoms with E-state index in [1.165, 1.54) is 0 Å². The maximum Gasteiger partial charge on any atom is 0.236 e. The van der Waals surface area contributed by atoms with Crippen LogP contribution >= 0.6 is 0 Å². The molecule has 0 aromatic carbocycles. The molecular formula is C6H14N2O3. The summed E-state index contributed by atoms with van der Waals surface area (Å²) in [5.74, 6) is -0.336. The van der Waals surface area contributed by atoms with Crippen LogP contribution in [0, 0.1) is 0 Å². The Labute approximate surface area is 65.2 Å². The van der Waals surface area contributed by atoms with E-state index in [4.69, 9.17) is 15.9 Å². The third kappa shape index (κ3) is 4.72. The van der Waals surface area contributed by atoms with Gasteiger partial charge in [0.2, 0.25) is 5.91 Å². The van der Waals surface area contributed by atoms with E-state index in [9.17, 15) is 4.79 Å². The number of aliphatic hydroxyl groups excluding tert-OH is 2. The van der Waals surface area contributed by atoms with Crippen LogP contribution in [0.2, 0.25) is 0 Å². The molecule has 0 fully saturated rings. The first-order valence-corrected chi connectivity index (χ1v) is 3.40. The Balaban J connectivity index is 3.46. The average molecular weight is 162 g/mol. The van der Waals surface area contributed by atoms with Crippen molar-refractivity contribution in [3.63, 3.8) is 0 Å². The molecule has 5 N–H and O–H groups in total. The van der Waals surface area contributed by atoms with Gasteiger partial charge < -0.3 is 21.3 Å². The molecule has 66 valence electrons. The summed E-state index contributed by atoms with van der Waals surface area (Å²) in [6, 6.07) is -0.583. The van der Waals surface area contributed by atoms with E-state index >= 15 is 0 Å². The summed E-state index contributed by atoms with van der Waals surface area (Å²) in [4.78, 5) is 10.7. The van der Waals surface area contributed by atoms with Gasteiger partial charge in [-0.2, -0.15) is 0 Å². The first-order chi connectivity index (χ1) is 5.07. The Morgan fingerprint density at radius 2 is 2.27 bits per heavy atom. The van der Waals surface area contributed by atoms with Crippen molar-refractivity contribution in [3.05, 3.63) is 0 Å². The molecule has 0 saturated carbocycles. The number of rotatable bonds is 4. The highest BCUT2D eigenvalue weighted by molar-refractivity contribution is 5.80. The molecule has 0 bridgehead atoms. The molecule has 2 atom stereocenters. The fourth-order valence-corrected chi connectivity index (χ4v) is 0.444. The predicted molar refractivity (Wildman–Crippen MR) is 39.8 cm³/mol. The zero-order chi connectivity index (χ0) is 8.85. The molecule has 5 heteroatoms.